The topological polar surface area (TPSA) is 37.4 Å². The molecule has 0 spiro atoms. The molecule has 4 heteroatoms. The minimum atomic E-state index is -2.33. The van der Waals surface area contributed by atoms with E-state index in [1.165, 1.54) is 0 Å². The number of amides is 1. The lowest BCUT2D eigenvalue weighted by molar-refractivity contribution is -0.127. The number of benzene rings is 3. The third-order valence-corrected chi connectivity index (χ3v) is 9.48. The van der Waals surface area contributed by atoms with E-state index in [1.54, 1.807) is 4.90 Å². The van der Waals surface area contributed by atoms with Gasteiger partial charge in [-0.1, -0.05) is 91.0 Å². The minimum Gasteiger partial charge on any atom is -0.329 e. The van der Waals surface area contributed by atoms with E-state index in [0.717, 1.165) is 35.0 Å². The normalized spacial score (nSPS) is 16.4. The first-order valence-electron chi connectivity index (χ1n) is 9.93. The summed E-state index contributed by atoms with van der Waals surface area (Å²) < 4.78 is 0. The molecule has 1 aliphatic rings. The Bertz CT molecular complexity index is 929. The third-order valence-electron chi connectivity index (χ3n) is 5.53. The predicted molar refractivity (Wildman–Crippen MR) is 122 cm³/mol. The number of carbonyl (C=O) groups excluding carboxylic acids is 2. The summed E-state index contributed by atoms with van der Waals surface area (Å²) in [7, 11) is 0. The molecule has 1 amide bonds. The first-order valence-corrected chi connectivity index (χ1v) is 11.8. The van der Waals surface area contributed by atoms with Gasteiger partial charge in [0.2, 0.25) is 5.91 Å². The molecule has 1 saturated heterocycles. The van der Waals surface area contributed by atoms with Crippen LogP contribution in [0.1, 0.15) is 12.8 Å². The Balaban J connectivity index is 2.00. The average Bonchev–Trinajstić information content (AvgIpc) is 3.28. The molecule has 0 aromatic heterocycles. The Morgan fingerprint density at radius 1 is 0.793 bits per heavy atom. The maximum atomic E-state index is 13.5. The number of rotatable bonds is 5. The second-order valence-corrected chi connectivity index (χ2v) is 10.5. The fraction of sp³-hybridized carbons (Fsp3) is 0.160. The molecule has 146 valence electrons. The quantitative estimate of drug-likeness (QED) is 0.487. The zero-order valence-electron chi connectivity index (χ0n) is 16.2. The van der Waals surface area contributed by atoms with Crippen LogP contribution in [-0.2, 0) is 9.59 Å². The van der Waals surface area contributed by atoms with Crippen LogP contribution in [0, 0.1) is 0 Å². The van der Waals surface area contributed by atoms with Crippen molar-refractivity contribution in [3.63, 3.8) is 0 Å². The molecule has 29 heavy (non-hydrogen) atoms. The van der Waals surface area contributed by atoms with Crippen molar-refractivity contribution < 1.29 is 9.59 Å². The predicted octanol–water partition coefficient (Wildman–Crippen LogP) is 2.97. The number of likely N-dealkylation sites (tertiary alicyclic amines) is 1. The number of nitrogens with zero attached hydrogens (tertiary/aromatic N) is 1. The molecule has 1 aliphatic heterocycles. The Hall–Kier alpha value is -2.90. The molecule has 0 bridgehead atoms. The molecule has 0 saturated carbocycles. The van der Waals surface area contributed by atoms with Crippen LogP contribution in [0.25, 0.3) is 0 Å². The van der Waals surface area contributed by atoms with Gasteiger partial charge in [0.05, 0.1) is 6.04 Å². The van der Waals surface area contributed by atoms with Crippen molar-refractivity contribution in [1.82, 2.24) is 4.90 Å². The molecule has 3 nitrogen and oxygen atoms in total. The zero-order chi connectivity index (χ0) is 20.1. The molecule has 1 heterocycles. The molecule has 0 radical (unpaired) electrons. The lowest BCUT2D eigenvalue weighted by Crippen LogP contribution is -2.39. The fourth-order valence-corrected chi connectivity index (χ4v) is 7.86. The largest absolute Gasteiger partial charge is 0.329 e. The Kier molecular flexibility index (Phi) is 5.78. The molecule has 1 fully saturated rings. The maximum Gasteiger partial charge on any atom is 0.248 e. The standard InChI is InChI=1S/C25H24NO2P/c27-19-21-11-10-18-26(21)25(28)20-29(22-12-4-1-5-13-22,23-14-6-2-7-15-23)24-16-8-3-9-17-24/h1-9,12-17,19-21H,10-11,18H2/t21-/m0/s1. The van der Waals surface area contributed by atoms with E-state index in [0.29, 0.717) is 6.54 Å². The lowest BCUT2D eigenvalue weighted by atomic mass is 10.2. The molecule has 0 N–H and O–H groups in total. The highest BCUT2D eigenvalue weighted by Gasteiger charge is 2.31. The summed E-state index contributed by atoms with van der Waals surface area (Å²) in [5.41, 5.74) is 0. The van der Waals surface area contributed by atoms with Crippen LogP contribution in [0.2, 0.25) is 0 Å². The van der Waals surface area contributed by atoms with Gasteiger partial charge in [0.25, 0.3) is 0 Å². The van der Waals surface area contributed by atoms with Gasteiger partial charge in [-0.3, -0.25) is 4.79 Å². The van der Waals surface area contributed by atoms with Gasteiger partial charge >= 0.3 is 0 Å². The van der Waals surface area contributed by atoms with E-state index in [-0.39, 0.29) is 11.9 Å². The van der Waals surface area contributed by atoms with Crippen LogP contribution in [0.15, 0.2) is 91.0 Å². The Morgan fingerprint density at radius 2 is 1.24 bits per heavy atom. The third kappa shape index (κ3) is 3.71. The van der Waals surface area contributed by atoms with E-state index in [9.17, 15) is 9.59 Å². The van der Waals surface area contributed by atoms with Crippen molar-refractivity contribution in [2.45, 2.75) is 18.9 Å². The maximum absolute atomic E-state index is 13.5. The van der Waals surface area contributed by atoms with Crippen LogP contribution in [0.4, 0.5) is 0 Å². The van der Waals surface area contributed by atoms with Crippen LogP contribution < -0.4 is 15.9 Å². The van der Waals surface area contributed by atoms with Crippen molar-refractivity contribution in [2.75, 3.05) is 6.54 Å². The van der Waals surface area contributed by atoms with Crippen LogP contribution in [0.3, 0.4) is 0 Å². The molecule has 4 rings (SSSR count). The fourth-order valence-electron chi connectivity index (χ4n) is 4.11. The van der Waals surface area contributed by atoms with E-state index in [1.807, 2.05) is 60.4 Å². The van der Waals surface area contributed by atoms with Gasteiger partial charge in [-0.05, 0) is 35.6 Å². The summed E-state index contributed by atoms with van der Waals surface area (Å²) in [5.74, 6) is 1.86. The molecular formula is C25H24NO2P. The Labute approximate surface area is 172 Å². The Morgan fingerprint density at radius 3 is 1.66 bits per heavy atom. The van der Waals surface area contributed by atoms with Gasteiger partial charge < -0.3 is 9.69 Å². The van der Waals surface area contributed by atoms with Gasteiger partial charge in [-0.2, -0.15) is 0 Å². The van der Waals surface area contributed by atoms with Gasteiger partial charge in [0.1, 0.15) is 6.29 Å². The number of hydrogen-bond donors (Lipinski definition) is 0. The van der Waals surface area contributed by atoms with Crippen molar-refractivity contribution >= 4 is 40.8 Å². The van der Waals surface area contributed by atoms with Gasteiger partial charge in [0.15, 0.2) is 0 Å². The highest BCUT2D eigenvalue weighted by Crippen LogP contribution is 2.43. The number of hydrogen-bond acceptors (Lipinski definition) is 2. The molecule has 3 aromatic rings. The first-order chi connectivity index (χ1) is 14.3. The monoisotopic (exact) mass is 401 g/mol. The van der Waals surface area contributed by atoms with Crippen LogP contribution >= 0.6 is 6.89 Å². The van der Waals surface area contributed by atoms with Crippen LogP contribution in [0.5, 0.6) is 0 Å². The number of aldehydes is 1. The SMILES string of the molecule is O=C[C@@H]1CCCN1C(=O)C=P(c1ccccc1)(c1ccccc1)c1ccccc1. The molecule has 0 aliphatic carbocycles. The molecule has 1 atom stereocenters. The summed E-state index contributed by atoms with van der Waals surface area (Å²) in [4.78, 5) is 26.7. The second kappa shape index (κ2) is 8.63. The summed E-state index contributed by atoms with van der Waals surface area (Å²) in [6, 6.07) is 30.5. The second-order valence-electron chi connectivity index (χ2n) is 7.24. The highest BCUT2D eigenvalue weighted by atomic mass is 31.2. The van der Waals surface area contributed by atoms with Crippen molar-refractivity contribution in [3.8, 4) is 0 Å². The summed E-state index contributed by atoms with van der Waals surface area (Å²) in [6.45, 7) is -1.69. The van der Waals surface area contributed by atoms with E-state index in [2.05, 4.69) is 36.4 Å². The summed E-state index contributed by atoms with van der Waals surface area (Å²) >= 11 is 0. The summed E-state index contributed by atoms with van der Waals surface area (Å²) in [5, 5.41) is 3.40. The van der Waals surface area contributed by atoms with Gasteiger partial charge in [-0.25, -0.2) is 0 Å². The molecule has 0 unspecified atom stereocenters. The lowest BCUT2D eigenvalue weighted by Gasteiger charge is -2.30. The smallest absolute Gasteiger partial charge is 0.248 e. The van der Waals surface area contributed by atoms with Crippen molar-refractivity contribution in [2.24, 2.45) is 0 Å². The average molecular weight is 401 g/mol. The highest BCUT2D eigenvalue weighted by molar-refractivity contribution is 7.95. The molecular weight excluding hydrogens is 377 g/mol. The van der Waals surface area contributed by atoms with E-state index in [4.69, 9.17) is 0 Å². The van der Waals surface area contributed by atoms with Crippen LogP contribution in [-0.4, -0.2) is 35.5 Å². The summed E-state index contributed by atoms with van der Waals surface area (Å²) in [6.07, 6.45) is 2.53. The zero-order valence-corrected chi connectivity index (χ0v) is 17.1. The van der Waals surface area contributed by atoms with E-state index >= 15 is 0 Å². The number of carbonyl (C=O) groups is 2. The van der Waals surface area contributed by atoms with Gasteiger partial charge in [0, 0.05) is 12.3 Å². The van der Waals surface area contributed by atoms with Crippen molar-refractivity contribution in [1.29, 1.82) is 0 Å². The minimum absolute atomic E-state index is 0.0514. The molecule has 3 aromatic carbocycles. The van der Waals surface area contributed by atoms with E-state index < -0.39 is 6.89 Å². The van der Waals surface area contributed by atoms with Gasteiger partial charge in [-0.15, -0.1) is 0 Å². The first kappa shape index (κ1) is 19.4. The van der Waals surface area contributed by atoms with Crippen molar-refractivity contribution in [3.05, 3.63) is 91.0 Å².